The van der Waals surface area contributed by atoms with Crippen LogP contribution in [0.2, 0.25) is 0 Å². The second kappa shape index (κ2) is 8.47. The first-order valence-electron chi connectivity index (χ1n) is 7.75. The van der Waals surface area contributed by atoms with E-state index in [0.717, 1.165) is 24.3 Å². The lowest BCUT2D eigenvalue weighted by molar-refractivity contribution is -0.274. The normalized spacial score (nSPS) is 12.7. The Labute approximate surface area is 160 Å². The van der Waals surface area contributed by atoms with E-state index in [9.17, 15) is 30.0 Å². The molecule has 0 radical (unpaired) electrons. The van der Waals surface area contributed by atoms with Gasteiger partial charge in [-0.1, -0.05) is 30.3 Å². The van der Waals surface area contributed by atoms with E-state index in [1.54, 1.807) is 18.2 Å². The first-order valence-corrected chi connectivity index (χ1v) is 10.9. The van der Waals surface area contributed by atoms with Crippen LogP contribution in [-0.2, 0) is 32.3 Å². The summed E-state index contributed by atoms with van der Waals surface area (Å²) in [7, 11) is -6.33. The van der Waals surface area contributed by atoms with E-state index >= 15 is 0 Å². The van der Waals surface area contributed by atoms with Crippen LogP contribution >= 0.6 is 0 Å². The van der Waals surface area contributed by atoms with Gasteiger partial charge in [0.15, 0.2) is 0 Å². The monoisotopic (exact) mass is 438 g/mol. The van der Waals surface area contributed by atoms with E-state index < -0.39 is 37.1 Å². The zero-order chi connectivity index (χ0) is 21.0. The third kappa shape index (κ3) is 6.78. The lowest BCUT2D eigenvalue weighted by Crippen LogP contribution is -2.24. The molecule has 0 spiro atoms. The van der Waals surface area contributed by atoms with Gasteiger partial charge in [-0.15, -0.1) is 13.2 Å². The van der Waals surface area contributed by atoms with Gasteiger partial charge in [-0.05, 0) is 30.3 Å². The van der Waals surface area contributed by atoms with Crippen molar-refractivity contribution in [1.82, 2.24) is 9.44 Å². The Morgan fingerprint density at radius 1 is 0.964 bits per heavy atom. The second-order valence-corrected chi connectivity index (χ2v) is 9.32. The molecular weight excluding hydrogens is 421 g/mol. The van der Waals surface area contributed by atoms with Crippen molar-refractivity contribution >= 4 is 20.0 Å². The van der Waals surface area contributed by atoms with Gasteiger partial charge in [-0.3, -0.25) is 0 Å². The summed E-state index contributed by atoms with van der Waals surface area (Å²) in [6.07, 6.45) is -4.94. The average molecular weight is 438 g/mol. The van der Waals surface area contributed by atoms with Gasteiger partial charge in [0, 0.05) is 12.6 Å². The first kappa shape index (κ1) is 22.1. The van der Waals surface area contributed by atoms with Crippen molar-refractivity contribution in [1.29, 1.82) is 0 Å². The lowest BCUT2D eigenvalue weighted by Gasteiger charge is -2.11. The van der Waals surface area contributed by atoms with Gasteiger partial charge in [0.25, 0.3) is 0 Å². The van der Waals surface area contributed by atoms with Crippen molar-refractivity contribution in [3.63, 3.8) is 0 Å². The van der Waals surface area contributed by atoms with Crippen LogP contribution < -0.4 is 14.2 Å². The number of benzene rings is 2. The Kier molecular flexibility index (Phi) is 6.70. The van der Waals surface area contributed by atoms with Gasteiger partial charge in [0.2, 0.25) is 20.0 Å². The number of rotatable bonds is 8. The van der Waals surface area contributed by atoms with Crippen LogP contribution in [0.1, 0.15) is 11.1 Å². The van der Waals surface area contributed by atoms with Crippen LogP contribution in [0.25, 0.3) is 0 Å². The van der Waals surface area contributed by atoms with E-state index in [-0.39, 0.29) is 12.3 Å². The summed E-state index contributed by atoms with van der Waals surface area (Å²) in [4.78, 5) is -0.400. The Hall–Kier alpha value is -2.15. The van der Waals surface area contributed by atoms with Crippen LogP contribution in [0.3, 0.4) is 0 Å². The molecule has 0 atom stereocenters. The maximum absolute atomic E-state index is 12.3. The standard InChI is InChI=1S/C16H17F3N2O5S2/c1-20-27(22,23)11-13-5-2-4-12(8-13)10-21-28(24,25)15-7-3-6-14(9-15)26-16(17,18)19/h2-9,20-21H,10-11H2,1H3. The van der Waals surface area contributed by atoms with Crippen molar-refractivity contribution < 1.29 is 34.7 Å². The van der Waals surface area contributed by atoms with Crippen LogP contribution in [0.5, 0.6) is 5.75 Å². The smallest absolute Gasteiger partial charge is 0.406 e. The fourth-order valence-corrected chi connectivity index (χ4v) is 4.04. The largest absolute Gasteiger partial charge is 0.573 e. The van der Waals surface area contributed by atoms with Gasteiger partial charge >= 0.3 is 6.36 Å². The highest BCUT2D eigenvalue weighted by Gasteiger charge is 2.31. The molecule has 2 aromatic carbocycles. The number of ether oxygens (including phenoxy) is 1. The summed E-state index contributed by atoms with van der Waals surface area (Å²) >= 11 is 0. The van der Waals surface area contributed by atoms with Crippen molar-refractivity contribution in [2.24, 2.45) is 0 Å². The lowest BCUT2D eigenvalue weighted by atomic mass is 10.1. The minimum absolute atomic E-state index is 0.180. The summed E-state index contributed by atoms with van der Waals surface area (Å²) in [6.45, 7) is -0.180. The number of nitrogens with one attached hydrogen (secondary N) is 2. The topological polar surface area (TPSA) is 102 Å². The van der Waals surface area contributed by atoms with Gasteiger partial charge in [0.1, 0.15) is 5.75 Å². The van der Waals surface area contributed by atoms with E-state index in [2.05, 4.69) is 14.2 Å². The molecule has 0 aromatic heterocycles. The van der Waals surface area contributed by atoms with Gasteiger partial charge in [0.05, 0.1) is 10.6 Å². The summed E-state index contributed by atoms with van der Waals surface area (Å²) in [6, 6.07) is 10.2. The molecule has 0 aliphatic heterocycles. The third-order valence-electron chi connectivity index (χ3n) is 3.47. The molecule has 154 valence electrons. The molecule has 0 aliphatic rings. The third-order valence-corrected chi connectivity index (χ3v) is 6.21. The minimum atomic E-state index is -4.94. The number of hydrogen-bond acceptors (Lipinski definition) is 5. The molecule has 12 heteroatoms. The molecule has 0 saturated carbocycles. The SMILES string of the molecule is CNS(=O)(=O)Cc1cccc(CNS(=O)(=O)c2cccc(OC(F)(F)F)c2)c1. The molecule has 2 aromatic rings. The van der Waals surface area contributed by atoms with Crippen LogP contribution in [-0.4, -0.2) is 30.2 Å². The summed E-state index contributed by atoms with van der Waals surface area (Å²) < 4.78 is 92.9. The second-order valence-electron chi connectivity index (χ2n) is 5.63. The Bertz CT molecular complexity index is 1040. The molecule has 0 bridgehead atoms. The van der Waals surface area contributed by atoms with E-state index in [1.807, 2.05) is 0 Å². The predicted octanol–water partition coefficient (Wildman–Crippen LogP) is 2.11. The molecule has 28 heavy (non-hydrogen) atoms. The first-order chi connectivity index (χ1) is 12.9. The Morgan fingerprint density at radius 2 is 1.61 bits per heavy atom. The molecule has 0 heterocycles. The quantitative estimate of drug-likeness (QED) is 0.658. The fraction of sp³-hybridized carbons (Fsp3) is 0.250. The summed E-state index contributed by atoms with van der Waals surface area (Å²) in [5, 5.41) is 0. The maximum atomic E-state index is 12.3. The molecule has 0 aliphatic carbocycles. The van der Waals surface area contributed by atoms with Gasteiger partial charge in [-0.25, -0.2) is 26.3 Å². The van der Waals surface area contributed by atoms with Gasteiger partial charge < -0.3 is 4.74 Å². The predicted molar refractivity (Wildman–Crippen MR) is 95.3 cm³/mol. The van der Waals surface area contributed by atoms with E-state index in [0.29, 0.717) is 11.1 Å². The molecule has 0 unspecified atom stereocenters. The highest BCUT2D eigenvalue weighted by Crippen LogP contribution is 2.25. The van der Waals surface area contributed by atoms with Crippen molar-refractivity contribution in [2.75, 3.05) is 7.05 Å². The van der Waals surface area contributed by atoms with E-state index in [1.165, 1.54) is 13.1 Å². The molecule has 2 N–H and O–H groups in total. The maximum Gasteiger partial charge on any atom is 0.573 e. The van der Waals surface area contributed by atoms with Crippen molar-refractivity contribution in [2.45, 2.75) is 23.6 Å². The minimum Gasteiger partial charge on any atom is -0.406 e. The highest BCUT2D eigenvalue weighted by atomic mass is 32.2. The molecule has 0 amide bonds. The van der Waals surface area contributed by atoms with Crippen LogP contribution in [0, 0.1) is 0 Å². The number of halogens is 3. The molecular formula is C16H17F3N2O5S2. The Balaban J connectivity index is 2.13. The zero-order valence-corrected chi connectivity index (χ0v) is 16.2. The summed E-state index contributed by atoms with van der Waals surface area (Å²) in [5.74, 6) is -0.935. The highest BCUT2D eigenvalue weighted by molar-refractivity contribution is 7.89. The summed E-state index contributed by atoms with van der Waals surface area (Å²) in [5.41, 5.74) is 0.932. The number of alkyl halides is 3. The van der Waals surface area contributed by atoms with E-state index in [4.69, 9.17) is 0 Å². The zero-order valence-electron chi connectivity index (χ0n) is 14.5. The van der Waals surface area contributed by atoms with Crippen LogP contribution in [0.4, 0.5) is 13.2 Å². The molecule has 0 fully saturated rings. The van der Waals surface area contributed by atoms with Crippen molar-refractivity contribution in [3.8, 4) is 5.75 Å². The van der Waals surface area contributed by atoms with Gasteiger partial charge in [-0.2, -0.15) is 0 Å². The van der Waals surface area contributed by atoms with Crippen LogP contribution in [0.15, 0.2) is 53.4 Å². The van der Waals surface area contributed by atoms with Crippen molar-refractivity contribution in [3.05, 3.63) is 59.7 Å². The molecule has 7 nitrogen and oxygen atoms in total. The fourth-order valence-electron chi connectivity index (χ4n) is 2.22. The Morgan fingerprint density at radius 3 is 2.25 bits per heavy atom. The number of sulfonamides is 2. The average Bonchev–Trinajstić information content (AvgIpc) is 2.59. The molecule has 0 saturated heterocycles. The molecule has 2 rings (SSSR count). The number of hydrogen-bond donors (Lipinski definition) is 2.